The first kappa shape index (κ1) is 23.4. The van der Waals surface area contributed by atoms with Crippen LogP contribution in [0.4, 0.5) is 17.1 Å². The lowest BCUT2D eigenvalue weighted by atomic mass is 10.1. The molecule has 2 N–H and O–H groups in total. The van der Waals surface area contributed by atoms with Gasteiger partial charge >= 0.3 is 0 Å². The highest BCUT2D eigenvalue weighted by Crippen LogP contribution is 2.39. The maximum atomic E-state index is 13.1. The zero-order valence-electron chi connectivity index (χ0n) is 19.5. The third kappa shape index (κ3) is 4.94. The predicted octanol–water partition coefficient (Wildman–Crippen LogP) is 4.53. The molecule has 0 aliphatic carbocycles. The number of hydrogen-bond acceptors (Lipinski definition) is 6. The van der Waals surface area contributed by atoms with Crippen LogP contribution in [0.5, 0.6) is 5.75 Å². The molecule has 1 unspecified atom stereocenters. The van der Waals surface area contributed by atoms with Crippen molar-refractivity contribution in [1.82, 2.24) is 4.98 Å². The Balaban J connectivity index is 1.58. The third-order valence-corrected chi connectivity index (χ3v) is 6.29. The predicted molar refractivity (Wildman–Crippen MR) is 133 cm³/mol. The number of rotatable bonds is 6. The van der Waals surface area contributed by atoms with Crippen LogP contribution in [0.2, 0.25) is 0 Å². The topological polar surface area (TPSA) is 101 Å². The van der Waals surface area contributed by atoms with Crippen molar-refractivity contribution in [3.05, 3.63) is 52.3 Å². The molecule has 9 heteroatoms. The Morgan fingerprint density at radius 2 is 1.76 bits per heavy atom. The normalized spacial score (nSPS) is 14.9. The number of anilines is 3. The molecule has 4 rings (SSSR count). The number of thiazole rings is 1. The molecule has 1 aliphatic heterocycles. The van der Waals surface area contributed by atoms with Crippen molar-refractivity contribution >= 4 is 46.1 Å². The Hall–Kier alpha value is -3.72. The largest absolute Gasteiger partial charge is 0.478 e. The maximum absolute atomic E-state index is 13.1. The Labute approximate surface area is 202 Å². The molecule has 0 fully saturated rings. The molecule has 1 aliphatic rings. The molecule has 2 heterocycles. The van der Waals surface area contributed by atoms with Gasteiger partial charge in [-0.05, 0) is 62.7 Å². The summed E-state index contributed by atoms with van der Waals surface area (Å²) < 4.78 is 5.92. The van der Waals surface area contributed by atoms with E-state index in [0.29, 0.717) is 29.2 Å². The van der Waals surface area contributed by atoms with Crippen LogP contribution in [-0.2, 0) is 14.4 Å². The van der Waals surface area contributed by atoms with Gasteiger partial charge in [0.15, 0.2) is 6.10 Å². The minimum atomic E-state index is -0.647. The van der Waals surface area contributed by atoms with Gasteiger partial charge in [0, 0.05) is 28.7 Å². The lowest BCUT2D eigenvalue weighted by Crippen LogP contribution is -2.48. The second kappa shape index (κ2) is 9.64. The van der Waals surface area contributed by atoms with Crippen LogP contribution >= 0.6 is 11.3 Å². The van der Waals surface area contributed by atoms with Crippen molar-refractivity contribution in [2.24, 2.45) is 0 Å². The molecule has 3 amide bonds. The highest BCUT2D eigenvalue weighted by atomic mass is 32.1. The Bertz CT molecular complexity index is 1250. The minimum absolute atomic E-state index is 0.155. The van der Waals surface area contributed by atoms with Gasteiger partial charge in [0.2, 0.25) is 11.8 Å². The van der Waals surface area contributed by atoms with Crippen molar-refractivity contribution in [1.29, 1.82) is 0 Å². The number of nitrogens with zero attached hydrogens (tertiary/aromatic N) is 2. The molecule has 0 bridgehead atoms. The van der Waals surface area contributed by atoms with Gasteiger partial charge in [-0.25, -0.2) is 4.98 Å². The van der Waals surface area contributed by atoms with Crippen LogP contribution in [0.1, 0.15) is 30.2 Å². The van der Waals surface area contributed by atoms with E-state index in [2.05, 4.69) is 15.6 Å². The Morgan fingerprint density at radius 3 is 2.35 bits per heavy atom. The molecule has 0 radical (unpaired) electrons. The van der Waals surface area contributed by atoms with Gasteiger partial charge in [0.05, 0.1) is 16.4 Å². The Kier molecular flexibility index (Phi) is 6.65. The van der Waals surface area contributed by atoms with E-state index in [4.69, 9.17) is 4.74 Å². The second-order valence-electron chi connectivity index (χ2n) is 8.07. The van der Waals surface area contributed by atoms with Crippen LogP contribution in [0.25, 0.3) is 11.3 Å². The van der Waals surface area contributed by atoms with Gasteiger partial charge in [0.1, 0.15) is 12.3 Å². The number of nitrogens with one attached hydrogen (secondary N) is 2. The van der Waals surface area contributed by atoms with E-state index in [1.165, 1.54) is 11.8 Å². The monoisotopic (exact) mass is 478 g/mol. The molecule has 3 aromatic rings. The van der Waals surface area contributed by atoms with Crippen LogP contribution in [0.15, 0.2) is 42.5 Å². The molecule has 1 aromatic heterocycles. The van der Waals surface area contributed by atoms with E-state index in [0.717, 1.165) is 21.1 Å². The summed E-state index contributed by atoms with van der Waals surface area (Å²) in [7, 11) is 0. The molecular weight excluding hydrogens is 452 g/mol. The van der Waals surface area contributed by atoms with Crippen LogP contribution < -0.4 is 20.3 Å². The standard InChI is InChI=1S/C25H26N4O4S/c1-5-21-25(32)29(13-23(31)28-19-9-7-18(8-10-19)26-15(3)30)20-12-17(6-11-22(20)33-21)24-14(2)34-16(4)27-24/h6-12,21H,5,13H2,1-4H3,(H,26,30)(H,28,31). The zero-order valence-corrected chi connectivity index (χ0v) is 20.3. The minimum Gasteiger partial charge on any atom is -0.478 e. The summed E-state index contributed by atoms with van der Waals surface area (Å²) in [5, 5.41) is 6.46. The fraction of sp³-hybridized carbons (Fsp3) is 0.280. The van der Waals surface area contributed by atoms with Gasteiger partial charge in [-0.1, -0.05) is 6.92 Å². The molecule has 1 atom stereocenters. The van der Waals surface area contributed by atoms with E-state index >= 15 is 0 Å². The summed E-state index contributed by atoms with van der Waals surface area (Å²) in [6.45, 7) is 7.11. The molecule has 8 nitrogen and oxygen atoms in total. The van der Waals surface area contributed by atoms with Gasteiger partial charge in [0.25, 0.3) is 5.91 Å². The summed E-state index contributed by atoms with van der Waals surface area (Å²) in [5.41, 5.74) is 3.47. The first-order chi connectivity index (χ1) is 16.2. The zero-order chi connectivity index (χ0) is 24.4. The third-order valence-electron chi connectivity index (χ3n) is 5.40. The van der Waals surface area contributed by atoms with E-state index in [1.807, 2.05) is 39.0 Å². The smallest absolute Gasteiger partial charge is 0.268 e. The van der Waals surface area contributed by atoms with E-state index in [9.17, 15) is 14.4 Å². The van der Waals surface area contributed by atoms with Crippen LogP contribution in [0.3, 0.4) is 0 Å². The Morgan fingerprint density at radius 1 is 1.09 bits per heavy atom. The summed E-state index contributed by atoms with van der Waals surface area (Å²) in [5.74, 6) is -0.203. The van der Waals surface area contributed by atoms with Gasteiger partial charge in [-0.2, -0.15) is 0 Å². The molecule has 0 saturated carbocycles. The molecule has 0 saturated heterocycles. The highest BCUT2D eigenvalue weighted by Gasteiger charge is 2.35. The van der Waals surface area contributed by atoms with Crippen molar-refractivity contribution in [2.75, 3.05) is 22.1 Å². The lowest BCUT2D eigenvalue weighted by Gasteiger charge is -2.34. The molecule has 0 spiro atoms. The van der Waals surface area contributed by atoms with Gasteiger partial charge in [-0.3, -0.25) is 19.3 Å². The van der Waals surface area contributed by atoms with Crippen LogP contribution in [0, 0.1) is 13.8 Å². The summed E-state index contributed by atoms with van der Waals surface area (Å²) in [4.78, 5) is 44.4. The number of benzene rings is 2. The fourth-order valence-electron chi connectivity index (χ4n) is 3.87. The number of carbonyl (C=O) groups excluding carboxylic acids is 3. The van der Waals surface area contributed by atoms with Crippen molar-refractivity contribution in [3.8, 4) is 17.0 Å². The number of carbonyl (C=O) groups is 3. The number of aromatic nitrogens is 1. The maximum Gasteiger partial charge on any atom is 0.268 e. The molecule has 176 valence electrons. The quantitative estimate of drug-likeness (QED) is 0.542. The lowest BCUT2D eigenvalue weighted by molar-refractivity contribution is -0.128. The highest BCUT2D eigenvalue weighted by molar-refractivity contribution is 7.11. The summed E-state index contributed by atoms with van der Waals surface area (Å²) in [6.07, 6.45) is -0.154. The second-order valence-corrected chi connectivity index (χ2v) is 9.47. The SMILES string of the molecule is CCC1Oc2ccc(-c3nc(C)sc3C)cc2N(CC(=O)Nc2ccc(NC(C)=O)cc2)C1=O. The van der Waals surface area contributed by atoms with E-state index < -0.39 is 6.10 Å². The first-order valence-electron chi connectivity index (χ1n) is 11.0. The fourth-order valence-corrected chi connectivity index (χ4v) is 4.71. The summed E-state index contributed by atoms with van der Waals surface area (Å²) in [6, 6.07) is 12.4. The number of amides is 3. The number of ether oxygens (including phenoxy) is 1. The number of fused-ring (bicyclic) bond motifs is 1. The summed E-state index contributed by atoms with van der Waals surface area (Å²) >= 11 is 1.61. The van der Waals surface area contributed by atoms with Crippen molar-refractivity contribution in [2.45, 2.75) is 40.2 Å². The molecule has 34 heavy (non-hydrogen) atoms. The van der Waals surface area contributed by atoms with E-state index in [-0.39, 0.29) is 24.3 Å². The number of hydrogen-bond donors (Lipinski definition) is 2. The van der Waals surface area contributed by atoms with Crippen molar-refractivity contribution in [3.63, 3.8) is 0 Å². The van der Waals surface area contributed by atoms with E-state index in [1.54, 1.807) is 35.6 Å². The van der Waals surface area contributed by atoms with Crippen molar-refractivity contribution < 1.29 is 19.1 Å². The van der Waals surface area contributed by atoms with Gasteiger partial charge < -0.3 is 15.4 Å². The molecule has 2 aromatic carbocycles. The first-order valence-corrected chi connectivity index (χ1v) is 11.8. The average molecular weight is 479 g/mol. The van der Waals surface area contributed by atoms with Gasteiger partial charge in [-0.15, -0.1) is 11.3 Å². The number of aryl methyl sites for hydroxylation is 2. The average Bonchev–Trinajstić information content (AvgIpc) is 3.14. The van der Waals surface area contributed by atoms with Crippen LogP contribution in [-0.4, -0.2) is 35.4 Å². The molecular formula is C25H26N4O4S.